The number of esters is 2. The highest BCUT2D eigenvalue weighted by Gasteiger charge is 2.21. The number of hydrogen-bond acceptors (Lipinski definition) is 6. The lowest BCUT2D eigenvalue weighted by atomic mass is 10.1. The molecule has 0 N–H and O–H groups in total. The van der Waals surface area contributed by atoms with Crippen molar-refractivity contribution >= 4 is 17.6 Å². The predicted octanol–water partition coefficient (Wildman–Crippen LogP) is 2.79. The fraction of sp³-hybridized carbons (Fsp3) is 0.467. The molecule has 0 bridgehead atoms. The molecule has 0 unspecified atom stereocenters. The van der Waals surface area contributed by atoms with Gasteiger partial charge in [0.25, 0.3) is 5.69 Å². The highest BCUT2D eigenvalue weighted by atomic mass is 16.6. The number of nitro benzene ring substituents is 1. The van der Waals surface area contributed by atoms with Crippen LogP contribution in [0.25, 0.3) is 0 Å². The molecule has 22 heavy (non-hydrogen) atoms. The van der Waals surface area contributed by atoms with Crippen LogP contribution in [0.1, 0.15) is 42.6 Å². The lowest BCUT2D eigenvalue weighted by Gasteiger charge is -2.12. The van der Waals surface area contributed by atoms with Crippen LogP contribution in [-0.2, 0) is 14.3 Å². The van der Waals surface area contributed by atoms with Crippen LogP contribution >= 0.6 is 0 Å². The van der Waals surface area contributed by atoms with Crippen molar-refractivity contribution in [2.24, 2.45) is 0 Å². The molecule has 0 spiro atoms. The Morgan fingerprint density at radius 2 is 2.05 bits per heavy atom. The Labute approximate surface area is 128 Å². The lowest BCUT2D eigenvalue weighted by molar-refractivity contribution is -0.385. The van der Waals surface area contributed by atoms with Crippen molar-refractivity contribution in [3.63, 3.8) is 0 Å². The van der Waals surface area contributed by atoms with E-state index < -0.39 is 23.0 Å². The summed E-state index contributed by atoms with van der Waals surface area (Å²) in [7, 11) is 0. The second kappa shape index (κ2) is 8.11. The van der Waals surface area contributed by atoms with Crippen LogP contribution in [0.5, 0.6) is 0 Å². The zero-order valence-corrected chi connectivity index (χ0v) is 12.8. The summed E-state index contributed by atoms with van der Waals surface area (Å²) < 4.78 is 9.95. The first-order chi connectivity index (χ1) is 10.4. The molecule has 7 nitrogen and oxygen atoms in total. The minimum absolute atomic E-state index is 0.0800. The smallest absolute Gasteiger partial charge is 0.347 e. The molecule has 0 amide bonds. The fourth-order valence-corrected chi connectivity index (χ4v) is 1.70. The van der Waals surface area contributed by atoms with Crippen molar-refractivity contribution in [2.75, 3.05) is 6.61 Å². The number of rotatable bonds is 7. The van der Waals surface area contributed by atoms with E-state index in [1.54, 1.807) is 0 Å². The van der Waals surface area contributed by atoms with Crippen molar-refractivity contribution in [1.29, 1.82) is 0 Å². The summed E-state index contributed by atoms with van der Waals surface area (Å²) in [5.41, 5.74) is 0.414. The molecule has 120 valence electrons. The number of nitrogens with zero attached hydrogens (tertiary/aromatic N) is 1. The maximum absolute atomic E-state index is 11.9. The largest absolute Gasteiger partial charge is 0.463 e. The molecule has 0 saturated carbocycles. The average molecular weight is 309 g/mol. The molecular weight excluding hydrogens is 290 g/mol. The first kappa shape index (κ1) is 17.6. The molecule has 0 aliphatic rings. The summed E-state index contributed by atoms with van der Waals surface area (Å²) in [5.74, 6) is -1.33. The number of hydrogen-bond donors (Lipinski definition) is 0. The quantitative estimate of drug-likeness (QED) is 0.332. The van der Waals surface area contributed by atoms with Gasteiger partial charge in [-0.1, -0.05) is 13.3 Å². The van der Waals surface area contributed by atoms with Crippen molar-refractivity contribution in [1.82, 2.24) is 0 Å². The van der Waals surface area contributed by atoms with Gasteiger partial charge >= 0.3 is 11.9 Å². The van der Waals surface area contributed by atoms with E-state index in [9.17, 15) is 19.7 Å². The van der Waals surface area contributed by atoms with Crippen LogP contribution in [-0.4, -0.2) is 29.6 Å². The number of carbonyl (C=O) groups is 2. The first-order valence-corrected chi connectivity index (χ1v) is 6.99. The Morgan fingerprint density at radius 3 is 2.59 bits per heavy atom. The van der Waals surface area contributed by atoms with Crippen LogP contribution in [0, 0.1) is 17.0 Å². The third kappa shape index (κ3) is 4.83. The van der Waals surface area contributed by atoms with Gasteiger partial charge in [0.05, 0.1) is 17.1 Å². The van der Waals surface area contributed by atoms with Gasteiger partial charge in [-0.3, -0.25) is 10.1 Å². The standard InChI is InChI=1S/C15H19NO6/c1-4-5-8-21-14(17)11(3)22-15(18)12-6-7-13(16(19)20)10(2)9-12/h6-7,9,11H,4-5,8H2,1-3H3/t11-/m1/s1. The van der Waals surface area contributed by atoms with Crippen LogP contribution in [0.3, 0.4) is 0 Å². The highest BCUT2D eigenvalue weighted by molar-refractivity contribution is 5.91. The Kier molecular flexibility index (Phi) is 6.49. The zero-order valence-electron chi connectivity index (χ0n) is 12.8. The minimum Gasteiger partial charge on any atom is -0.463 e. The lowest BCUT2D eigenvalue weighted by Crippen LogP contribution is -2.26. The van der Waals surface area contributed by atoms with E-state index in [1.165, 1.54) is 32.0 Å². The molecule has 0 aliphatic carbocycles. The molecule has 7 heteroatoms. The van der Waals surface area contributed by atoms with Gasteiger partial charge in [0, 0.05) is 11.6 Å². The average Bonchev–Trinajstić information content (AvgIpc) is 2.46. The van der Waals surface area contributed by atoms with E-state index in [0.717, 1.165) is 12.8 Å². The van der Waals surface area contributed by atoms with Gasteiger partial charge in [-0.05, 0) is 32.4 Å². The number of nitro groups is 1. The Balaban J connectivity index is 2.66. The van der Waals surface area contributed by atoms with Crippen molar-refractivity contribution in [3.05, 3.63) is 39.4 Å². The van der Waals surface area contributed by atoms with Gasteiger partial charge < -0.3 is 9.47 Å². The van der Waals surface area contributed by atoms with Crippen LogP contribution in [0.15, 0.2) is 18.2 Å². The van der Waals surface area contributed by atoms with E-state index >= 15 is 0 Å². The van der Waals surface area contributed by atoms with Gasteiger partial charge in [0.2, 0.25) is 0 Å². The zero-order chi connectivity index (χ0) is 16.7. The van der Waals surface area contributed by atoms with E-state index in [2.05, 4.69) is 0 Å². The van der Waals surface area contributed by atoms with E-state index in [0.29, 0.717) is 5.56 Å². The van der Waals surface area contributed by atoms with Gasteiger partial charge in [0.1, 0.15) is 0 Å². The minimum atomic E-state index is -1.03. The van der Waals surface area contributed by atoms with Crippen LogP contribution in [0.4, 0.5) is 5.69 Å². The maximum Gasteiger partial charge on any atom is 0.347 e. The Hall–Kier alpha value is -2.44. The maximum atomic E-state index is 11.9. The molecule has 0 saturated heterocycles. The topological polar surface area (TPSA) is 95.7 Å². The molecule has 0 fully saturated rings. The Morgan fingerprint density at radius 1 is 1.36 bits per heavy atom. The second-order valence-electron chi connectivity index (χ2n) is 4.83. The molecule has 1 rings (SSSR count). The van der Waals surface area contributed by atoms with E-state index in [-0.39, 0.29) is 17.9 Å². The summed E-state index contributed by atoms with van der Waals surface area (Å²) in [5, 5.41) is 10.7. The number of benzene rings is 1. The molecule has 0 aromatic heterocycles. The van der Waals surface area contributed by atoms with E-state index in [4.69, 9.17) is 9.47 Å². The van der Waals surface area contributed by atoms with Gasteiger partial charge in [-0.15, -0.1) is 0 Å². The summed E-state index contributed by atoms with van der Waals surface area (Å²) in [6.45, 7) is 5.20. The number of ether oxygens (including phenoxy) is 2. The van der Waals surface area contributed by atoms with Gasteiger partial charge in [-0.25, -0.2) is 9.59 Å². The van der Waals surface area contributed by atoms with E-state index in [1.807, 2.05) is 6.92 Å². The van der Waals surface area contributed by atoms with Crippen molar-refractivity contribution < 1.29 is 24.0 Å². The van der Waals surface area contributed by atoms with Crippen LogP contribution in [0.2, 0.25) is 0 Å². The molecule has 1 aromatic carbocycles. The normalized spacial score (nSPS) is 11.6. The Bertz CT molecular complexity index is 569. The van der Waals surface area contributed by atoms with Gasteiger partial charge in [-0.2, -0.15) is 0 Å². The van der Waals surface area contributed by atoms with Crippen molar-refractivity contribution in [2.45, 2.75) is 39.7 Å². The third-order valence-electron chi connectivity index (χ3n) is 2.99. The highest BCUT2D eigenvalue weighted by Crippen LogP contribution is 2.19. The summed E-state index contributed by atoms with van der Waals surface area (Å²) >= 11 is 0. The number of carbonyl (C=O) groups excluding carboxylic acids is 2. The SMILES string of the molecule is CCCCOC(=O)[C@@H](C)OC(=O)c1ccc([N+](=O)[O-])c(C)c1. The summed E-state index contributed by atoms with van der Waals surface area (Å²) in [6.07, 6.45) is 0.608. The third-order valence-corrected chi connectivity index (χ3v) is 2.99. The number of unbranched alkanes of at least 4 members (excludes halogenated alkanes) is 1. The molecule has 0 radical (unpaired) electrons. The molecule has 1 atom stereocenters. The second-order valence-corrected chi connectivity index (χ2v) is 4.83. The molecular formula is C15H19NO6. The predicted molar refractivity (Wildman–Crippen MR) is 78.6 cm³/mol. The summed E-state index contributed by atoms with van der Waals surface area (Å²) in [6, 6.07) is 3.88. The monoisotopic (exact) mass is 309 g/mol. The van der Waals surface area contributed by atoms with Crippen LogP contribution < -0.4 is 0 Å². The van der Waals surface area contributed by atoms with Crippen molar-refractivity contribution in [3.8, 4) is 0 Å². The summed E-state index contributed by atoms with van der Waals surface area (Å²) in [4.78, 5) is 33.7. The molecule has 0 aliphatic heterocycles. The first-order valence-electron chi connectivity index (χ1n) is 6.99. The number of aryl methyl sites for hydroxylation is 1. The molecule has 0 heterocycles. The fourth-order valence-electron chi connectivity index (χ4n) is 1.70. The molecule has 1 aromatic rings. The van der Waals surface area contributed by atoms with Gasteiger partial charge in [0.15, 0.2) is 6.10 Å².